The Kier molecular flexibility index (Phi) is 36.9. The van der Waals surface area contributed by atoms with Gasteiger partial charge in [0.1, 0.15) is 48.0 Å². The van der Waals surface area contributed by atoms with Gasteiger partial charge in [-0.1, -0.05) is 12.5 Å². The number of imidazole rings is 1. The number of amides is 10. The van der Waals surface area contributed by atoms with Gasteiger partial charge in [-0.15, -0.1) is 0 Å². The van der Waals surface area contributed by atoms with Crippen molar-refractivity contribution in [2.45, 2.75) is 171 Å². The van der Waals surface area contributed by atoms with Gasteiger partial charge >= 0.3 is 0 Å². The average Bonchev–Trinajstić information content (AvgIpc) is 4.39. The topological polar surface area (TPSA) is 567 Å². The molecule has 28 N–H and O–H groups in total. The minimum Gasteiger partial charge on any atom is -0.389 e. The summed E-state index contributed by atoms with van der Waals surface area (Å²) in [5.41, 5.74) is 51.3. The van der Waals surface area contributed by atoms with Crippen molar-refractivity contribution in [2.75, 3.05) is 65.4 Å². The summed E-state index contributed by atoms with van der Waals surface area (Å²) in [6, 6.07) is -9.96. The predicted molar refractivity (Wildman–Crippen MR) is 325 cm³/mol. The number of hydrogen-bond acceptors (Lipinski definition) is 20. The first kappa shape index (κ1) is 75.7. The molecule has 2 heterocycles. The highest BCUT2D eigenvalue weighted by Gasteiger charge is 2.40. The Balaban J connectivity index is 2.36. The molecule has 1 aromatic heterocycles. The molecule has 0 radical (unpaired) electrons. The molecule has 0 bridgehead atoms. The summed E-state index contributed by atoms with van der Waals surface area (Å²) in [6.07, 6.45) is 8.43. The number of aryl methyl sites for hydroxylation is 1. The Hall–Kier alpha value is -7.40. The normalized spacial score (nSPS) is 15.9. The number of aliphatic hydroxyl groups excluding tert-OH is 1. The van der Waals surface area contributed by atoms with E-state index in [9.17, 15) is 53.1 Å². The summed E-state index contributed by atoms with van der Waals surface area (Å²) in [5.74, 6) is -7.79. The number of aliphatic imine (C=N–C) groups is 1. The summed E-state index contributed by atoms with van der Waals surface area (Å²) in [7, 11) is 1.68. The van der Waals surface area contributed by atoms with Crippen LogP contribution >= 0.6 is 0 Å². The summed E-state index contributed by atoms with van der Waals surface area (Å²) in [4.78, 5) is 147. The molecule has 0 unspecified atom stereocenters. The molecule has 87 heavy (non-hydrogen) atoms. The maximum atomic E-state index is 14.6. The summed E-state index contributed by atoms with van der Waals surface area (Å²) >= 11 is 0. The Bertz CT molecular complexity index is 2410. The van der Waals surface area contributed by atoms with Crippen LogP contribution in [0.25, 0.3) is 0 Å². The van der Waals surface area contributed by atoms with Gasteiger partial charge in [-0.3, -0.25) is 52.9 Å². The third kappa shape index (κ3) is 28.3. The molecule has 0 aliphatic carbocycles. The quantitative estimate of drug-likeness (QED) is 0.0125. The molecule has 0 spiro atoms. The van der Waals surface area contributed by atoms with Gasteiger partial charge in [0.2, 0.25) is 53.2 Å². The van der Waals surface area contributed by atoms with Crippen LogP contribution in [0.2, 0.25) is 0 Å². The second-order valence-electron chi connectivity index (χ2n) is 21.3. The second-order valence-corrected chi connectivity index (χ2v) is 21.3. The number of aromatic nitrogens is 2. The third-order valence-corrected chi connectivity index (χ3v) is 14.2. The minimum absolute atomic E-state index is 0.0305. The monoisotopic (exact) mass is 1230 g/mol. The highest BCUT2D eigenvalue weighted by molar-refractivity contribution is 6.02. The molecule has 1 fully saturated rings. The molecule has 1 aliphatic heterocycles. The van der Waals surface area contributed by atoms with Crippen molar-refractivity contribution in [3.63, 3.8) is 0 Å². The van der Waals surface area contributed by atoms with E-state index in [1.165, 1.54) is 30.4 Å². The number of guanidine groups is 1. The number of likely N-dealkylation sites (tertiary alicyclic amines) is 1. The van der Waals surface area contributed by atoms with Crippen LogP contribution in [0.15, 0.2) is 29.3 Å². The summed E-state index contributed by atoms with van der Waals surface area (Å²) in [6.45, 7) is 2.22. The van der Waals surface area contributed by atoms with Crippen LogP contribution in [0.1, 0.15) is 115 Å². The number of hydrogen-bond donors (Lipinski definition) is 19. The lowest BCUT2D eigenvalue weighted by Gasteiger charge is -2.30. The molecule has 0 saturated carbocycles. The fraction of sp³-hybridized carbons (Fsp3) is 0.704. The van der Waals surface area contributed by atoms with Crippen molar-refractivity contribution < 1.29 is 53.1 Å². The van der Waals surface area contributed by atoms with Crippen molar-refractivity contribution in [2.24, 2.45) is 63.6 Å². The van der Waals surface area contributed by atoms with Crippen LogP contribution in [-0.4, -0.2) is 204 Å². The molecule has 492 valence electrons. The molecule has 9 atom stereocenters. The molecule has 33 heteroatoms. The van der Waals surface area contributed by atoms with E-state index >= 15 is 0 Å². The average molecular weight is 1230 g/mol. The van der Waals surface area contributed by atoms with E-state index < -0.39 is 127 Å². The standard InChI is InChI=1S/C54H100N22O11/c1-33(68-52(86)44(42(77)29-60)74-46(80)35(61)14-3-6-20-55)45(79)67-31-43(78)69-39(17-11-24-59)53(87)76-27-13-19-41(76)51(85)73-40(28-34-30-64-32-75(34)2)50(84)72-37(16-5-8-22-57)48(82)71-38(18-12-26-66-54(62)63)49(83)70-36(15-4-7-21-56)47(81)65-25-10-9-23-58/h18,30,32-33,35-37,39-42,44,77H,3-17,19-29,31,55-61H2,1-2H3,(H,65,81)(H,67,79)(H,68,86)(H,69,78)(H,70,83)(H,71,82)(H,72,84)(H,73,85)(H,74,80)(H4,62,63,66)/b38-18-/t33-,35-,36-,37-,39+,40-,41-,42-,44-/m0/s1. The van der Waals surface area contributed by atoms with Crippen LogP contribution in [0, 0.1) is 0 Å². The maximum Gasteiger partial charge on any atom is 0.268 e. The molecular weight excluding hydrogens is 1130 g/mol. The molecule has 1 aromatic rings. The highest BCUT2D eigenvalue weighted by atomic mass is 16.3. The molecule has 1 aliphatic rings. The zero-order valence-corrected chi connectivity index (χ0v) is 50.5. The number of nitrogens with one attached hydrogen (secondary N) is 9. The van der Waals surface area contributed by atoms with Gasteiger partial charge in [0.15, 0.2) is 5.96 Å². The molecule has 1 saturated heterocycles. The lowest BCUT2D eigenvalue weighted by Crippen LogP contribution is -2.60. The first-order valence-corrected chi connectivity index (χ1v) is 29.9. The molecule has 10 amide bonds. The van der Waals surface area contributed by atoms with Crippen molar-refractivity contribution >= 4 is 65.0 Å². The summed E-state index contributed by atoms with van der Waals surface area (Å²) < 4.78 is 1.63. The fourth-order valence-corrected chi connectivity index (χ4v) is 9.12. The van der Waals surface area contributed by atoms with E-state index in [-0.39, 0.29) is 89.2 Å². The number of nitrogens with zero attached hydrogens (tertiary/aromatic N) is 4. The highest BCUT2D eigenvalue weighted by Crippen LogP contribution is 2.21. The van der Waals surface area contributed by atoms with Crippen LogP contribution in [0.3, 0.4) is 0 Å². The summed E-state index contributed by atoms with van der Waals surface area (Å²) in [5, 5.41) is 33.9. The largest absolute Gasteiger partial charge is 0.389 e. The zero-order chi connectivity index (χ0) is 64.8. The smallest absolute Gasteiger partial charge is 0.268 e. The van der Waals surface area contributed by atoms with Gasteiger partial charge in [-0.25, -0.2) is 4.98 Å². The van der Waals surface area contributed by atoms with Crippen molar-refractivity contribution in [3.05, 3.63) is 30.0 Å². The molecular formula is C54H100N22O11. The van der Waals surface area contributed by atoms with Crippen LogP contribution in [0.5, 0.6) is 0 Å². The molecule has 0 aromatic carbocycles. The van der Waals surface area contributed by atoms with Gasteiger partial charge in [0.05, 0.1) is 25.0 Å². The maximum absolute atomic E-state index is 14.6. The van der Waals surface area contributed by atoms with Crippen LogP contribution in [-0.2, 0) is 61.4 Å². The molecule has 33 nitrogen and oxygen atoms in total. The van der Waals surface area contributed by atoms with Crippen molar-refractivity contribution in [3.8, 4) is 0 Å². The second kappa shape index (κ2) is 42.4. The van der Waals surface area contributed by atoms with Gasteiger partial charge in [-0.2, -0.15) is 0 Å². The lowest BCUT2D eigenvalue weighted by molar-refractivity contribution is -0.142. The van der Waals surface area contributed by atoms with E-state index in [0.717, 1.165) is 0 Å². The van der Waals surface area contributed by atoms with Gasteiger partial charge in [0.25, 0.3) is 5.91 Å². The number of aliphatic hydroxyl groups is 1. The van der Waals surface area contributed by atoms with E-state index in [0.29, 0.717) is 89.7 Å². The number of carbonyl (C=O) groups excluding carboxylic acids is 10. The number of nitrogens with two attached hydrogens (primary N) is 9. The Morgan fingerprint density at radius 3 is 1.89 bits per heavy atom. The third-order valence-electron chi connectivity index (χ3n) is 14.2. The SMILES string of the molecule is C[C@H](NC(=O)[C@@H](NC(=O)[C@@H](N)CCCCN)[C@@H](O)CN)C(=O)NCC(=O)N[C@H](CCCN)C(=O)N1CCC[C@H]1C(=O)N[C@@H](Cc1cncn1C)C(=O)N[C@@H](CCCCN)C(=O)N/C(=C\CCN=C(N)N)C(=O)N[C@@H](CCCCN)C(=O)NCCCCN. The van der Waals surface area contributed by atoms with Crippen LogP contribution < -0.4 is 99.5 Å². The van der Waals surface area contributed by atoms with E-state index in [1.807, 2.05) is 0 Å². The number of unbranched alkanes of at least 4 members (excludes halogenated alkanes) is 4. The van der Waals surface area contributed by atoms with E-state index in [4.69, 9.17) is 51.6 Å². The van der Waals surface area contributed by atoms with E-state index in [1.54, 1.807) is 11.6 Å². The number of carbonyl (C=O) groups is 10. The van der Waals surface area contributed by atoms with Gasteiger partial charge in [0, 0.05) is 51.5 Å². The lowest BCUT2D eigenvalue weighted by atomic mass is 10.0. The van der Waals surface area contributed by atoms with Crippen molar-refractivity contribution in [1.29, 1.82) is 0 Å². The van der Waals surface area contributed by atoms with Gasteiger partial charge in [-0.05, 0) is 136 Å². The Morgan fingerprint density at radius 1 is 0.678 bits per heavy atom. The first-order valence-electron chi connectivity index (χ1n) is 29.9. The number of rotatable bonds is 44. The van der Waals surface area contributed by atoms with Gasteiger partial charge < -0.3 is 114 Å². The van der Waals surface area contributed by atoms with Crippen LogP contribution in [0.4, 0.5) is 0 Å². The Morgan fingerprint density at radius 2 is 1.29 bits per heavy atom. The molecule has 2 rings (SSSR count). The minimum atomic E-state index is -1.57. The predicted octanol–water partition coefficient (Wildman–Crippen LogP) is -7.71. The fourth-order valence-electron chi connectivity index (χ4n) is 9.12. The zero-order valence-electron chi connectivity index (χ0n) is 50.5. The Labute approximate surface area is 508 Å². The van der Waals surface area contributed by atoms with Crippen molar-refractivity contribution in [1.82, 2.24) is 62.3 Å². The first-order chi connectivity index (χ1) is 41.6. The van der Waals surface area contributed by atoms with E-state index in [2.05, 4.69) is 57.8 Å².